The summed E-state index contributed by atoms with van der Waals surface area (Å²) in [5.74, 6) is -0.508. The smallest absolute Gasteiger partial charge is 0.253 e. The molecule has 2 N–H and O–H groups in total. The van der Waals surface area contributed by atoms with Crippen molar-refractivity contribution in [1.82, 2.24) is 10.6 Å². The van der Waals surface area contributed by atoms with Crippen molar-refractivity contribution in [3.8, 4) is 0 Å². The number of benzene rings is 1. The van der Waals surface area contributed by atoms with Crippen LogP contribution in [0.3, 0.4) is 0 Å². The molecule has 0 heterocycles. The van der Waals surface area contributed by atoms with Crippen LogP contribution in [0, 0.1) is 0 Å². The van der Waals surface area contributed by atoms with Crippen molar-refractivity contribution >= 4 is 43.7 Å². The Morgan fingerprint density at radius 2 is 1.80 bits per heavy atom. The van der Waals surface area contributed by atoms with Crippen LogP contribution in [0.15, 0.2) is 27.1 Å². The van der Waals surface area contributed by atoms with Crippen molar-refractivity contribution in [2.75, 3.05) is 0 Å². The number of halogens is 2. The minimum Gasteiger partial charge on any atom is -0.350 e. The van der Waals surface area contributed by atoms with Gasteiger partial charge in [-0.3, -0.25) is 9.59 Å². The predicted octanol–water partition coefficient (Wildman–Crippen LogP) is 3.24. The highest BCUT2D eigenvalue weighted by Gasteiger charge is 2.21. The van der Waals surface area contributed by atoms with Gasteiger partial charge in [-0.1, -0.05) is 15.9 Å². The van der Waals surface area contributed by atoms with Crippen molar-refractivity contribution in [1.29, 1.82) is 0 Å². The van der Waals surface area contributed by atoms with Gasteiger partial charge in [-0.25, -0.2) is 0 Å². The summed E-state index contributed by atoms with van der Waals surface area (Å²) in [6, 6.07) is 4.70. The Bertz CT molecular complexity index is 524. The highest BCUT2D eigenvalue weighted by Crippen LogP contribution is 2.21. The van der Waals surface area contributed by atoms with Gasteiger partial charge in [0.15, 0.2) is 0 Å². The van der Waals surface area contributed by atoms with E-state index in [2.05, 4.69) is 42.5 Å². The summed E-state index contributed by atoms with van der Waals surface area (Å²) < 4.78 is 1.49. The summed E-state index contributed by atoms with van der Waals surface area (Å²) in [6.07, 6.45) is 0. The maximum absolute atomic E-state index is 12.2. The third-order valence-electron chi connectivity index (χ3n) is 2.41. The first kappa shape index (κ1) is 17.2. The third-order valence-corrected chi connectivity index (χ3v) is 3.60. The summed E-state index contributed by atoms with van der Waals surface area (Å²) in [6.45, 7) is 7.34. The van der Waals surface area contributed by atoms with Crippen LogP contribution in [0.5, 0.6) is 0 Å². The van der Waals surface area contributed by atoms with Crippen LogP contribution in [-0.4, -0.2) is 23.4 Å². The molecule has 0 bridgehead atoms. The number of hydrogen-bond acceptors (Lipinski definition) is 2. The molecule has 0 aliphatic rings. The third kappa shape index (κ3) is 5.25. The van der Waals surface area contributed by atoms with Crippen LogP contribution >= 0.6 is 31.9 Å². The molecule has 0 saturated heterocycles. The molecule has 2 amide bonds. The first-order valence-corrected chi connectivity index (χ1v) is 7.76. The molecular formula is C14H18Br2N2O2. The summed E-state index contributed by atoms with van der Waals surface area (Å²) in [7, 11) is 0. The second-order valence-electron chi connectivity index (χ2n) is 5.56. The lowest BCUT2D eigenvalue weighted by molar-refractivity contribution is -0.124. The molecule has 6 heteroatoms. The zero-order valence-electron chi connectivity index (χ0n) is 11.9. The fraction of sp³-hybridized carbons (Fsp3) is 0.429. The molecule has 1 unspecified atom stereocenters. The second kappa shape index (κ2) is 6.72. The predicted molar refractivity (Wildman–Crippen MR) is 86.7 cm³/mol. The average molecular weight is 406 g/mol. The molecule has 1 rings (SSSR count). The monoisotopic (exact) mass is 404 g/mol. The fourth-order valence-electron chi connectivity index (χ4n) is 1.49. The van der Waals surface area contributed by atoms with Gasteiger partial charge in [0.05, 0.1) is 5.56 Å². The standard InChI is InChI=1S/C14H18Br2N2O2/c1-8(12(19)18-14(2,3)4)17-13(20)10-7-9(15)5-6-11(10)16/h5-8H,1-4H3,(H,17,20)(H,18,19). The van der Waals surface area contributed by atoms with Crippen molar-refractivity contribution in [3.63, 3.8) is 0 Å². The summed E-state index contributed by atoms with van der Waals surface area (Å²) in [4.78, 5) is 24.1. The van der Waals surface area contributed by atoms with Gasteiger partial charge in [-0.15, -0.1) is 0 Å². The fourth-order valence-corrected chi connectivity index (χ4v) is 2.28. The molecule has 0 saturated carbocycles. The molecular weight excluding hydrogens is 388 g/mol. The van der Waals surface area contributed by atoms with Crippen LogP contribution in [-0.2, 0) is 4.79 Å². The molecule has 1 aromatic rings. The molecule has 4 nitrogen and oxygen atoms in total. The van der Waals surface area contributed by atoms with Gasteiger partial charge >= 0.3 is 0 Å². The lowest BCUT2D eigenvalue weighted by atomic mass is 10.1. The minimum absolute atomic E-state index is 0.211. The van der Waals surface area contributed by atoms with E-state index in [1.54, 1.807) is 19.1 Å². The Labute approximate surface area is 136 Å². The van der Waals surface area contributed by atoms with E-state index in [9.17, 15) is 9.59 Å². The summed E-state index contributed by atoms with van der Waals surface area (Å²) in [5, 5.41) is 5.51. The summed E-state index contributed by atoms with van der Waals surface area (Å²) in [5.41, 5.74) is 0.154. The SMILES string of the molecule is CC(NC(=O)c1cc(Br)ccc1Br)C(=O)NC(C)(C)C. The highest BCUT2D eigenvalue weighted by molar-refractivity contribution is 9.11. The van der Waals surface area contributed by atoms with Crippen LogP contribution in [0.4, 0.5) is 0 Å². The number of carbonyl (C=O) groups excluding carboxylic acids is 2. The molecule has 0 fully saturated rings. The van der Waals surface area contributed by atoms with E-state index in [-0.39, 0.29) is 17.4 Å². The largest absolute Gasteiger partial charge is 0.350 e. The van der Waals surface area contributed by atoms with E-state index in [0.29, 0.717) is 10.0 Å². The maximum atomic E-state index is 12.2. The Kier molecular flexibility index (Phi) is 5.77. The van der Waals surface area contributed by atoms with Crippen LogP contribution < -0.4 is 10.6 Å². The molecule has 0 radical (unpaired) electrons. The van der Waals surface area contributed by atoms with E-state index in [1.165, 1.54) is 0 Å². The Hall–Kier alpha value is -0.880. The van der Waals surface area contributed by atoms with E-state index >= 15 is 0 Å². The Morgan fingerprint density at radius 3 is 2.35 bits per heavy atom. The van der Waals surface area contributed by atoms with E-state index in [1.807, 2.05) is 26.8 Å². The molecule has 0 aliphatic heterocycles. The second-order valence-corrected chi connectivity index (χ2v) is 7.33. The van der Waals surface area contributed by atoms with Gasteiger partial charge in [-0.05, 0) is 61.8 Å². The average Bonchev–Trinajstić information content (AvgIpc) is 2.29. The van der Waals surface area contributed by atoms with Crippen molar-refractivity contribution < 1.29 is 9.59 Å². The minimum atomic E-state index is -0.604. The van der Waals surface area contributed by atoms with Gasteiger partial charge in [0, 0.05) is 14.5 Å². The molecule has 0 spiro atoms. The van der Waals surface area contributed by atoms with Crippen molar-refractivity contribution in [2.24, 2.45) is 0 Å². The van der Waals surface area contributed by atoms with Gasteiger partial charge < -0.3 is 10.6 Å². The first-order valence-electron chi connectivity index (χ1n) is 6.18. The zero-order valence-corrected chi connectivity index (χ0v) is 15.1. The van der Waals surface area contributed by atoms with Gasteiger partial charge in [-0.2, -0.15) is 0 Å². The van der Waals surface area contributed by atoms with E-state index < -0.39 is 6.04 Å². The van der Waals surface area contributed by atoms with E-state index in [0.717, 1.165) is 4.47 Å². The quantitative estimate of drug-likeness (QED) is 0.810. The van der Waals surface area contributed by atoms with Crippen LogP contribution in [0.1, 0.15) is 38.1 Å². The van der Waals surface area contributed by atoms with Gasteiger partial charge in [0.25, 0.3) is 5.91 Å². The highest BCUT2D eigenvalue weighted by atomic mass is 79.9. The number of nitrogens with one attached hydrogen (secondary N) is 2. The maximum Gasteiger partial charge on any atom is 0.253 e. The van der Waals surface area contributed by atoms with Crippen LogP contribution in [0.25, 0.3) is 0 Å². The molecule has 0 aromatic heterocycles. The van der Waals surface area contributed by atoms with Crippen molar-refractivity contribution in [3.05, 3.63) is 32.7 Å². The topological polar surface area (TPSA) is 58.2 Å². The molecule has 20 heavy (non-hydrogen) atoms. The lowest BCUT2D eigenvalue weighted by Crippen LogP contribution is -2.50. The summed E-state index contributed by atoms with van der Waals surface area (Å²) >= 11 is 6.64. The molecule has 0 aliphatic carbocycles. The van der Waals surface area contributed by atoms with Gasteiger partial charge in [0.1, 0.15) is 6.04 Å². The molecule has 110 valence electrons. The number of amides is 2. The first-order chi connectivity index (χ1) is 9.10. The van der Waals surface area contributed by atoms with Crippen molar-refractivity contribution in [2.45, 2.75) is 39.3 Å². The normalized spacial score (nSPS) is 12.7. The number of rotatable bonds is 3. The number of hydrogen-bond donors (Lipinski definition) is 2. The Morgan fingerprint density at radius 1 is 1.20 bits per heavy atom. The number of carbonyl (C=O) groups is 2. The molecule has 1 atom stereocenters. The Balaban J connectivity index is 2.75. The zero-order chi connectivity index (χ0) is 15.5. The molecule has 1 aromatic carbocycles. The van der Waals surface area contributed by atoms with E-state index in [4.69, 9.17) is 0 Å². The lowest BCUT2D eigenvalue weighted by Gasteiger charge is -2.23. The van der Waals surface area contributed by atoms with Gasteiger partial charge in [0.2, 0.25) is 5.91 Å². The van der Waals surface area contributed by atoms with Crippen LogP contribution in [0.2, 0.25) is 0 Å².